The van der Waals surface area contributed by atoms with Crippen LogP contribution in [0.3, 0.4) is 0 Å². The lowest BCUT2D eigenvalue weighted by molar-refractivity contribution is 0.858. The molecule has 2 rings (SSSR count). The normalized spacial score (nSPS) is 10.5. The highest BCUT2D eigenvalue weighted by molar-refractivity contribution is 5.73. The third kappa shape index (κ3) is 2.38. The molecule has 0 atom stereocenters. The first kappa shape index (κ1) is 9.79. The summed E-state index contributed by atoms with van der Waals surface area (Å²) in [4.78, 5) is 4.32. The molecule has 0 bridgehead atoms. The molecule has 0 radical (unpaired) electrons. The Balaban J connectivity index is 2.16. The Morgan fingerprint density at radius 1 is 1.13 bits per heavy atom. The zero-order valence-corrected chi connectivity index (χ0v) is 8.35. The predicted octanol–water partition coefficient (Wildman–Crippen LogP) is 0.785. The standard InChI is InChI=1S/C10H13N5/c11-6-3-7-12-10-13-8-4-1-2-5-9(8)14-15-10/h1-2,4-5H,3,6-7,11H2,(H,12,13,15). The Labute approximate surface area is 87.7 Å². The second-order valence-electron chi connectivity index (χ2n) is 3.19. The van der Waals surface area contributed by atoms with Gasteiger partial charge in [-0.05, 0) is 25.1 Å². The summed E-state index contributed by atoms with van der Waals surface area (Å²) in [6.07, 6.45) is 0.899. The van der Waals surface area contributed by atoms with Crippen LogP contribution in [0.25, 0.3) is 11.0 Å². The first-order chi connectivity index (χ1) is 7.40. The molecule has 2 aromatic rings. The van der Waals surface area contributed by atoms with Crippen molar-refractivity contribution >= 4 is 17.0 Å². The molecule has 5 nitrogen and oxygen atoms in total. The number of hydrogen-bond donors (Lipinski definition) is 2. The van der Waals surface area contributed by atoms with Gasteiger partial charge in [-0.1, -0.05) is 12.1 Å². The van der Waals surface area contributed by atoms with Gasteiger partial charge < -0.3 is 11.1 Å². The van der Waals surface area contributed by atoms with Crippen molar-refractivity contribution in [1.82, 2.24) is 15.2 Å². The molecular formula is C10H13N5. The van der Waals surface area contributed by atoms with Crippen LogP contribution in [0.5, 0.6) is 0 Å². The van der Waals surface area contributed by atoms with Gasteiger partial charge >= 0.3 is 0 Å². The SMILES string of the molecule is NCCCNc1nnc2ccccc2n1. The van der Waals surface area contributed by atoms with E-state index in [0.29, 0.717) is 12.5 Å². The lowest BCUT2D eigenvalue weighted by Gasteiger charge is -2.02. The van der Waals surface area contributed by atoms with Crippen LogP contribution in [0.4, 0.5) is 5.95 Å². The summed E-state index contributed by atoms with van der Waals surface area (Å²) in [5.41, 5.74) is 7.04. The molecule has 0 fully saturated rings. The number of hydrogen-bond acceptors (Lipinski definition) is 5. The molecule has 5 heteroatoms. The largest absolute Gasteiger partial charge is 0.353 e. The van der Waals surface area contributed by atoms with Crippen molar-refractivity contribution in [2.75, 3.05) is 18.4 Å². The van der Waals surface area contributed by atoms with Crippen LogP contribution in [-0.2, 0) is 0 Å². The van der Waals surface area contributed by atoms with E-state index in [-0.39, 0.29) is 0 Å². The van der Waals surface area contributed by atoms with Crippen LogP contribution in [0, 0.1) is 0 Å². The van der Waals surface area contributed by atoms with Gasteiger partial charge in [0.15, 0.2) is 0 Å². The number of nitrogens with one attached hydrogen (secondary N) is 1. The summed E-state index contributed by atoms with van der Waals surface area (Å²) in [6, 6.07) is 7.65. The zero-order valence-electron chi connectivity index (χ0n) is 8.35. The minimum Gasteiger partial charge on any atom is -0.353 e. The van der Waals surface area contributed by atoms with Gasteiger partial charge in [-0.25, -0.2) is 4.98 Å². The van der Waals surface area contributed by atoms with E-state index in [1.165, 1.54) is 0 Å². The van der Waals surface area contributed by atoms with Crippen LogP contribution >= 0.6 is 0 Å². The summed E-state index contributed by atoms with van der Waals surface area (Å²) in [5.74, 6) is 0.558. The third-order valence-electron chi connectivity index (χ3n) is 2.02. The molecule has 0 aliphatic heterocycles. The van der Waals surface area contributed by atoms with Crippen molar-refractivity contribution in [3.63, 3.8) is 0 Å². The van der Waals surface area contributed by atoms with E-state index in [2.05, 4.69) is 20.5 Å². The maximum Gasteiger partial charge on any atom is 0.243 e. The molecule has 1 aromatic heterocycles. The number of benzene rings is 1. The first-order valence-corrected chi connectivity index (χ1v) is 4.93. The average molecular weight is 203 g/mol. The van der Waals surface area contributed by atoms with E-state index in [9.17, 15) is 0 Å². The quantitative estimate of drug-likeness (QED) is 0.718. The molecule has 0 saturated heterocycles. The van der Waals surface area contributed by atoms with Crippen molar-refractivity contribution in [3.8, 4) is 0 Å². The van der Waals surface area contributed by atoms with E-state index in [1.54, 1.807) is 0 Å². The number of para-hydroxylation sites is 1. The molecule has 15 heavy (non-hydrogen) atoms. The Hall–Kier alpha value is -1.75. The van der Waals surface area contributed by atoms with Gasteiger partial charge in [0.25, 0.3) is 0 Å². The second-order valence-corrected chi connectivity index (χ2v) is 3.19. The van der Waals surface area contributed by atoms with Crippen LogP contribution in [0.2, 0.25) is 0 Å². The Morgan fingerprint density at radius 2 is 1.93 bits per heavy atom. The molecular weight excluding hydrogens is 190 g/mol. The number of nitrogens with two attached hydrogens (primary N) is 1. The fourth-order valence-electron chi connectivity index (χ4n) is 1.26. The molecule has 3 N–H and O–H groups in total. The maximum absolute atomic E-state index is 5.39. The van der Waals surface area contributed by atoms with Crippen molar-refractivity contribution in [3.05, 3.63) is 24.3 Å². The highest BCUT2D eigenvalue weighted by Gasteiger charge is 1.98. The monoisotopic (exact) mass is 203 g/mol. The van der Waals surface area contributed by atoms with Gasteiger partial charge in [-0.2, -0.15) is 0 Å². The molecule has 0 aliphatic rings. The fraction of sp³-hybridized carbons (Fsp3) is 0.300. The van der Waals surface area contributed by atoms with Crippen molar-refractivity contribution in [2.45, 2.75) is 6.42 Å². The van der Waals surface area contributed by atoms with E-state index in [4.69, 9.17) is 5.73 Å². The van der Waals surface area contributed by atoms with E-state index < -0.39 is 0 Å². The summed E-state index contributed by atoms with van der Waals surface area (Å²) >= 11 is 0. The molecule has 1 heterocycles. The average Bonchev–Trinajstić information content (AvgIpc) is 2.29. The summed E-state index contributed by atoms with van der Waals surface area (Å²) in [5, 5.41) is 11.1. The minimum atomic E-state index is 0.558. The summed E-state index contributed by atoms with van der Waals surface area (Å²) in [7, 11) is 0. The molecule has 78 valence electrons. The number of fused-ring (bicyclic) bond motifs is 1. The van der Waals surface area contributed by atoms with Crippen molar-refractivity contribution < 1.29 is 0 Å². The number of aromatic nitrogens is 3. The number of rotatable bonds is 4. The van der Waals surface area contributed by atoms with Crippen LogP contribution in [-0.4, -0.2) is 28.3 Å². The van der Waals surface area contributed by atoms with Gasteiger partial charge in [0.05, 0.1) is 5.52 Å². The zero-order chi connectivity index (χ0) is 10.5. The van der Waals surface area contributed by atoms with Crippen LogP contribution in [0.1, 0.15) is 6.42 Å². The highest BCUT2D eigenvalue weighted by Crippen LogP contribution is 2.08. The number of anilines is 1. The first-order valence-electron chi connectivity index (χ1n) is 4.93. The summed E-state index contributed by atoms with van der Waals surface area (Å²) < 4.78 is 0. The van der Waals surface area contributed by atoms with E-state index >= 15 is 0 Å². The lowest BCUT2D eigenvalue weighted by atomic mass is 10.3. The van der Waals surface area contributed by atoms with Crippen LogP contribution in [0.15, 0.2) is 24.3 Å². The minimum absolute atomic E-state index is 0.558. The van der Waals surface area contributed by atoms with Crippen molar-refractivity contribution in [2.24, 2.45) is 5.73 Å². The topological polar surface area (TPSA) is 76.7 Å². The lowest BCUT2D eigenvalue weighted by Crippen LogP contribution is -2.10. The molecule has 1 aromatic carbocycles. The maximum atomic E-state index is 5.39. The van der Waals surface area contributed by atoms with Gasteiger partial charge in [0.1, 0.15) is 5.52 Å². The molecule has 0 amide bonds. The van der Waals surface area contributed by atoms with Crippen molar-refractivity contribution in [1.29, 1.82) is 0 Å². The summed E-state index contributed by atoms with van der Waals surface area (Å²) in [6.45, 7) is 1.44. The Bertz CT molecular complexity index is 443. The smallest absolute Gasteiger partial charge is 0.243 e. The second kappa shape index (κ2) is 4.65. The third-order valence-corrected chi connectivity index (χ3v) is 2.02. The van der Waals surface area contributed by atoms with Gasteiger partial charge in [0, 0.05) is 6.54 Å². The number of nitrogens with zero attached hydrogens (tertiary/aromatic N) is 3. The van der Waals surface area contributed by atoms with Gasteiger partial charge in [0.2, 0.25) is 5.95 Å². The molecule has 0 saturated carbocycles. The van der Waals surface area contributed by atoms with Crippen LogP contribution < -0.4 is 11.1 Å². The highest BCUT2D eigenvalue weighted by atomic mass is 15.2. The molecule has 0 unspecified atom stereocenters. The predicted molar refractivity (Wildman–Crippen MR) is 59.5 cm³/mol. The van der Waals surface area contributed by atoms with E-state index in [1.807, 2.05) is 24.3 Å². The fourth-order valence-corrected chi connectivity index (χ4v) is 1.26. The van der Waals surface area contributed by atoms with E-state index in [0.717, 1.165) is 24.0 Å². The molecule has 0 aliphatic carbocycles. The van der Waals surface area contributed by atoms with Gasteiger partial charge in [-0.3, -0.25) is 0 Å². The Kier molecular flexibility index (Phi) is 3.04. The Morgan fingerprint density at radius 3 is 2.73 bits per heavy atom. The van der Waals surface area contributed by atoms with Gasteiger partial charge in [-0.15, -0.1) is 10.2 Å². The molecule has 0 spiro atoms.